The Morgan fingerprint density at radius 2 is 2.00 bits per heavy atom. The first-order valence-electron chi connectivity index (χ1n) is 7.46. The Hall–Kier alpha value is -1.40. The summed E-state index contributed by atoms with van der Waals surface area (Å²) in [6, 6.07) is 1.51. The molecule has 2 heterocycles. The van der Waals surface area contributed by atoms with Crippen LogP contribution in [0.5, 0.6) is 0 Å². The highest BCUT2D eigenvalue weighted by Gasteiger charge is 2.32. The lowest BCUT2D eigenvalue weighted by Gasteiger charge is -2.37. The van der Waals surface area contributed by atoms with Gasteiger partial charge in [0.25, 0.3) is 0 Å². The molecule has 0 saturated carbocycles. The summed E-state index contributed by atoms with van der Waals surface area (Å²) in [7, 11) is 0. The minimum absolute atomic E-state index is 0.0534. The van der Waals surface area contributed by atoms with E-state index in [9.17, 15) is 4.79 Å². The van der Waals surface area contributed by atoms with Gasteiger partial charge in [-0.1, -0.05) is 25.9 Å². The first-order valence-corrected chi connectivity index (χ1v) is 7.46. The average molecular weight is 294 g/mol. The molecule has 1 atom stereocenters. The molecule has 0 aromatic carbocycles. The van der Waals surface area contributed by atoms with E-state index in [1.54, 1.807) is 0 Å². The molecule has 1 amide bonds. The fourth-order valence-electron chi connectivity index (χ4n) is 2.40. The topological polar surface area (TPSA) is 75.6 Å². The predicted octanol–water partition coefficient (Wildman–Crippen LogP) is 1.00. The van der Waals surface area contributed by atoms with Crippen LogP contribution in [0.1, 0.15) is 32.2 Å². The third-order valence-electron chi connectivity index (χ3n) is 3.94. The van der Waals surface area contributed by atoms with Crippen molar-refractivity contribution in [2.75, 3.05) is 26.2 Å². The second-order valence-electron chi connectivity index (χ2n) is 6.88. The van der Waals surface area contributed by atoms with Gasteiger partial charge in [0.2, 0.25) is 5.91 Å². The number of piperazine rings is 1. The van der Waals surface area contributed by atoms with E-state index in [1.165, 1.54) is 0 Å². The van der Waals surface area contributed by atoms with Gasteiger partial charge in [-0.05, 0) is 12.3 Å². The van der Waals surface area contributed by atoms with Gasteiger partial charge in [-0.15, -0.1) is 0 Å². The molecule has 0 radical (unpaired) electrons. The molecule has 2 rings (SSSR count). The minimum atomic E-state index is -0.444. The van der Waals surface area contributed by atoms with Crippen LogP contribution < -0.4 is 5.73 Å². The van der Waals surface area contributed by atoms with Gasteiger partial charge in [0.05, 0.1) is 18.3 Å². The third kappa shape index (κ3) is 4.04. The van der Waals surface area contributed by atoms with E-state index >= 15 is 0 Å². The molecular weight excluding hydrogens is 268 g/mol. The van der Waals surface area contributed by atoms with E-state index in [0.717, 1.165) is 44.2 Å². The SMILES string of the molecule is Cc1cc(CN2CCN(C(=O)[C@@H](N)C(C)(C)C)CC2)on1. The highest BCUT2D eigenvalue weighted by Crippen LogP contribution is 2.20. The van der Waals surface area contributed by atoms with Crippen molar-refractivity contribution in [2.45, 2.75) is 40.3 Å². The van der Waals surface area contributed by atoms with Crippen molar-refractivity contribution in [3.8, 4) is 0 Å². The number of nitrogens with two attached hydrogens (primary N) is 1. The fraction of sp³-hybridized carbons (Fsp3) is 0.733. The Kier molecular flexibility index (Phi) is 4.68. The molecule has 1 saturated heterocycles. The van der Waals surface area contributed by atoms with Crippen molar-refractivity contribution in [3.05, 3.63) is 17.5 Å². The quantitative estimate of drug-likeness (QED) is 0.900. The normalized spacial score (nSPS) is 18.8. The number of rotatable bonds is 3. The van der Waals surface area contributed by atoms with E-state index in [0.29, 0.717) is 0 Å². The summed E-state index contributed by atoms with van der Waals surface area (Å²) in [5, 5.41) is 3.89. The third-order valence-corrected chi connectivity index (χ3v) is 3.94. The van der Waals surface area contributed by atoms with Gasteiger partial charge in [-0.25, -0.2) is 0 Å². The van der Waals surface area contributed by atoms with Gasteiger partial charge in [-0.3, -0.25) is 9.69 Å². The van der Waals surface area contributed by atoms with Crippen molar-refractivity contribution >= 4 is 5.91 Å². The largest absolute Gasteiger partial charge is 0.360 e. The number of hydrogen-bond acceptors (Lipinski definition) is 5. The van der Waals surface area contributed by atoms with Crippen LogP contribution in [0.25, 0.3) is 0 Å². The summed E-state index contributed by atoms with van der Waals surface area (Å²) >= 11 is 0. The molecule has 1 aromatic heterocycles. The minimum Gasteiger partial charge on any atom is -0.360 e. The standard InChI is InChI=1S/C15H26N4O2/c1-11-9-12(21-17-11)10-18-5-7-19(8-6-18)14(20)13(16)15(2,3)4/h9,13H,5-8,10,16H2,1-4H3/t13-/m1/s1. The fourth-order valence-corrected chi connectivity index (χ4v) is 2.40. The molecular formula is C15H26N4O2. The predicted molar refractivity (Wildman–Crippen MR) is 80.5 cm³/mol. The van der Waals surface area contributed by atoms with E-state index in [2.05, 4.69) is 10.1 Å². The Bertz CT molecular complexity index is 484. The van der Waals surface area contributed by atoms with Crippen LogP contribution in [-0.4, -0.2) is 53.1 Å². The smallest absolute Gasteiger partial charge is 0.240 e. The number of carbonyl (C=O) groups is 1. The number of hydrogen-bond donors (Lipinski definition) is 1. The van der Waals surface area contributed by atoms with Gasteiger partial charge < -0.3 is 15.2 Å². The first kappa shape index (κ1) is 16.0. The van der Waals surface area contributed by atoms with Crippen LogP contribution in [0, 0.1) is 12.3 Å². The van der Waals surface area contributed by atoms with Gasteiger partial charge >= 0.3 is 0 Å². The lowest BCUT2D eigenvalue weighted by Crippen LogP contribution is -2.56. The lowest BCUT2D eigenvalue weighted by atomic mass is 9.86. The molecule has 1 aromatic rings. The highest BCUT2D eigenvalue weighted by molar-refractivity contribution is 5.82. The van der Waals surface area contributed by atoms with Crippen LogP contribution in [0.15, 0.2) is 10.6 Å². The molecule has 1 aliphatic rings. The van der Waals surface area contributed by atoms with Crippen molar-refractivity contribution in [2.24, 2.45) is 11.1 Å². The second-order valence-corrected chi connectivity index (χ2v) is 6.88. The van der Waals surface area contributed by atoms with Gasteiger partial charge in [0, 0.05) is 32.2 Å². The number of aryl methyl sites for hydroxylation is 1. The molecule has 0 unspecified atom stereocenters. The molecule has 0 aliphatic carbocycles. The monoisotopic (exact) mass is 294 g/mol. The van der Waals surface area contributed by atoms with E-state index in [4.69, 9.17) is 10.3 Å². The lowest BCUT2D eigenvalue weighted by molar-refractivity contribution is -0.136. The Labute approximate surface area is 126 Å². The summed E-state index contributed by atoms with van der Waals surface area (Å²) in [6.07, 6.45) is 0. The van der Waals surface area contributed by atoms with Crippen molar-refractivity contribution in [1.82, 2.24) is 15.0 Å². The molecule has 0 bridgehead atoms. The molecule has 118 valence electrons. The Morgan fingerprint density at radius 3 is 2.48 bits per heavy atom. The zero-order valence-electron chi connectivity index (χ0n) is 13.4. The van der Waals surface area contributed by atoms with E-state index in [-0.39, 0.29) is 11.3 Å². The maximum absolute atomic E-state index is 12.4. The number of amides is 1. The molecule has 2 N–H and O–H groups in total. The van der Waals surface area contributed by atoms with Crippen LogP contribution in [0.2, 0.25) is 0 Å². The first-order chi connectivity index (χ1) is 9.77. The number of nitrogens with zero attached hydrogens (tertiary/aromatic N) is 3. The maximum Gasteiger partial charge on any atom is 0.240 e. The maximum atomic E-state index is 12.4. The average Bonchev–Trinajstić information content (AvgIpc) is 2.82. The summed E-state index contributed by atoms with van der Waals surface area (Å²) in [4.78, 5) is 16.5. The van der Waals surface area contributed by atoms with Gasteiger partial charge in [0.1, 0.15) is 0 Å². The molecule has 1 fully saturated rings. The van der Waals surface area contributed by atoms with Crippen LogP contribution in [0.4, 0.5) is 0 Å². The molecule has 6 nitrogen and oxygen atoms in total. The summed E-state index contributed by atoms with van der Waals surface area (Å²) < 4.78 is 5.23. The van der Waals surface area contributed by atoms with Gasteiger partial charge in [-0.2, -0.15) is 0 Å². The van der Waals surface area contributed by atoms with Crippen LogP contribution in [-0.2, 0) is 11.3 Å². The Morgan fingerprint density at radius 1 is 1.38 bits per heavy atom. The zero-order valence-corrected chi connectivity index (χ0v) is 13.4. The van der Waals surface area contributed by atoms with Crippen molar-refractivity contribution in [3.63, 3.8) is 0 Å². The summed E-state index contributed by atoms with van der Waals surface area (Å²) in [5.74, 6) is 0.927. The molecule has 21 heavy (non-hydrogen) atoms. The number of aromatic nitrogens is 1. The van der Waals surface area contributed by atoms with E-state index < -0.39 is 6.04 Å². The van der Waals surface area contributed by atoms with Crippen LogP contribution >= 0.6 is 0 Å². The van der Waals surface area contributed by atoms with E-state index in [1.807, 2.05) is 38.7 Å². The molecule has 0 spiro atoms. The Balaban J connectivity index is 1.84. The highest BCUT2D eigenvalue weighted by atomic mass is 16.5. The summed E-state index contributed by atoms with van der Waals surface area (Å²) in [5.41, 5.74) is 6.75. The van der Waals surface area contributed by atoms with Crippen molar-refractivity contribution in [1.29, 1.82) is 0 Å². The zero-order chi connectivity index (χ0) is 15.6. The van der Waals surface area contributed by atoms with Gasteiger partial charge in [0.15, 0.2) is 5.76 Å². The van der Waals surface area contributed by atoms with Crippen molar-refractivity contribution < 1.29 is 9.32 Å². The molecule has 1 aliphatic heterocycles. The number of carbonyl (C=O) groups excluding carboxylic acids is 1. The second kappa shape index (κ2) is 6.15. The summed E-state index contributed by atoms with van der Waals surface area (Å²) in [6.45, 7) is 11.8. The molecule has 6 heteroatoms. The van der Waals surface area contributed by atoms with Crippen LogP contribution in [0.3, 0.4) is 0 Å².